The molecule has 2 rings (SSSR count). The second-order valence-electron chi connectivity index (χ2n) is 6.31. The van der Waals surface area contributed by atoms with E-state index in [0.717, 1.165) is 43.3 Å². The number of guanidine groups is 1. The highest BCUT2D eigenvalue weighted by atomic mass is 127. The number of benzene rings is 1. The van der Waals surface area contributed by atoms with Crippen LogP contribution in [0.2, 0.25) is 0 Å². The van der Waals surface area contributed by atoms with Gasteiger partial charge in [-0.2, -0.15) is 11.8 Å². The van der Waals surface area contributed by atoms with Crippen LogP contribution in [-0.2, 0) is 6.54 Å². The van der Waals surface area contributed by atoms with Crippen molar-refractivity contribution in [2.75, 3.05) is 24.6 Å². The molecule has 3 N–H and O–H groups in total. The van der Waals surface area contributed by atoms with E-state index in [9.17, 15) is 5.11 Å². The maximum atomic E-state index is 10.5. The summed E-state index contributed by atoms with van der Waals surface area (Å²) in [6, 6.07) is 8.45. The van der Waals surface area contributed by atoms with Crippen molar-refractivity contribution >= 4 is 41.7 Å². The summed E-state index contributed by atoms with van der Waals surface area (Å²) in [5, 5.41) is 17.1. The van der Waals surface area contributed by atoms with Crippen LogP contribution in [0.3, 0.4) is 0 Å². The molecule has 1 aromatic rings. The summed E-state index contributed by atoms with van der Waals surface area (Å²) in [5.41, 5.74) is 1.86. The normalized spacial score (nSPS) is 20.5. The van der Waals surface area contributed by atoms with Gasteiger partial charge >= 0.3 is 0 Å². The third-order valence-electron chi connectivity index (χ3n) is 4.03. The Balaban J connectivity index is 0.00000288. The fourth-order valence-electron chi connectivity index (χ4n) is 2.41. The topological polar surface area (TPSA) is 56.7 Å². The van der Waals surface area contributed by atoms with E-state index in [4.69, 9.17) is 0 Å². The van der Waals surface area contributed by atoms with E-state index in [1.807, 2.05) is 11.8 Å². The van der Waals surface area contributed by atoms with Crippen LogP contribution in [0, 0.1) is 6.92 Å². The second-order valence-corrected chi connectivity index (χ2v) is 7.42. The molecule has 4 nitrogen and oxygen atoms in total. The fraction of sp³-hybridized carbons (Fsp3) is 0.611. The highest BCUT2D eigenvalue weighted by Gasteiger charge is 2.31. The molecule has 1 aliphatic heterocycles. The number of halogens is 1. The number of aryl methyl sites for hydroxylation is 1. The van der Waals surface area contributed by atoms with Crippen molar-refractivity contribution in [2.45, 2.75) is 45.3 Å². The Morgan fingerprint density at radius 2 is 2.04 bits per heavy atom. The number of thioether (sulfide) groups is 1. The van der Waals surface area contributed by atoms with Crippen molar-refractivity contribution in [2.24, 2.45) is 4.99 Å². The lowest BCUT2D eigenvalue weighted by molar-refractivity contribution is 0.0724. The highest BCUT2D eigenvalue weighted by molar-refractivity contribution is 14.0. The molecule has 1 heterocycles. The average Bonchev–Trinajstić information content (AvgIpc) is 2.98. The van der Waals surface area contributed by atoms with Crippen molar-refractivity contribution in [1.82, 2.24) is 10.6 Å². The SMILES string of the molecule is CCCCNC(=NCc1ccc(C)cc1)NCC1(O)CCSC1.I. The summed E-state index contributed by atoms with van der Waals surface area (Å²) >= 11 is 1.82. The summed E-state index contributed by atoms with van der Waals surface area (Å²) < 4.78 is 0. The Morgan fingerprint density at radius 1 is 1.29 bits per heavy atom. The molecule has 0 bridgehead atoms. The Hall–Kier alpha value is -0.470. The molecule has 0 aromatic heterocycles. The van der Waals surface area contributed by atoms with E-state index in [0.29, 0.717) is 13.1 Å². The van der Waals surface area contributed by atoms with Crippen molar-refractivity contribution in [3.8, 4) is 0 Å². The quantitative estimate of drug-likeness (QED) is 0.251. The number of aliphatic hydroxyl groups is 1. The largest absolute Gasteiger partial charge is 0.387 e. The van der Waals surface area contributed by atoms with Crippen LogP contribution in [0.5, 0.6) is 0 Å². The van der Waals surface area contributed by atoms with Crippen molar-refractivity contribution < 1.29 is 5.11 Å². The first-order valence-electron chi connectivity index (χ1n) is 8.49. The molecular formula is C18H30IN3OS. The second kappa shape index (κ2) is 11.2. The Bertz CT molecular complexity index is 501. The maximum absolute atomic E-state index is 10.5. The lowest BCUT2D eigenvalue weighted by atomic mass is 10.0. The molecule has 24 heavy (non-hydrogen) atoms. The van der Waals surface area contributed by atoms with E-state index in [-0.39, 0.29) is 24.0 Å². The molecule has 1 atom stereocenters. The monoisotopic (exact) mass is 463 g/mol. The number of rotatable bonds is 7. The van der Waals surface area contributed by atoms with Gasteiger partial charge in [-0.15, -0.1) is 24.0 Å². The number of hydrogen-bond donors (Lipinski definition) is 3. The van der Waals surface area contributed by atoms with Crippen LogP contribution < -0.4 is 10.6 Å². The Kier molecular flexibility index (Phi) is 10.1. The third kappa shape index (κ3) is 7.61. The molecule has 1 aromatic carbocycles. The lowest BCUT2D eigenvalue weighted by Gasteiger charge is -2.23. The molecule has 1 saturated heterocycles. The maximum Gasteiger partial charge on any atom is 0.191 e. The number of nitrogens with one attached hydrogen (secondary N) is 2. The van der Waals surface area contributed by atoms with Crippen LogP contribution >= 0.6 is 35.7 Å². The molecule has 1 unspecified atom stereocenters. The van der Waals surface area contributed by atoms with Gasteiger partial charge in [-0.3, -0.25) is 0 Å². The molecule has 0 amide bonds. The molecule has 136 valence electrons. The van der Waals surface area contributed by atoms with Crippen molar-refractivity contribution in [3.63, 3.8) is 0 Å². The average molecular weight is 463 g/mol. The van der Waals surface area contributed by atoms with Gasteiger partial charge in [-0.25, -0.2) is 4.99 Å². The number of aliphatic imine (C=N–C) groups is 1. The van der Waals surface area contributed by atoms with E-state index >= 15 is 0 Å². The van der Waals surface area contributed by atoms with Gasteiger partial charge in [0.25, 0.3) is 0 Å². The third-order valence-corrected chi connectivity index (χ3v) is 5.26. The zero-order chi connectivity index (χ0) is 16.5. The highest BCUT2D eigenvalue weighted by Crippen LogP contribution is 2.26. The van der Waals surface area contributed by atoms with Crippen LogP contribution in [0.1, 0.15) is 37.3 Å². The van der Waals surface area contributed by atoms with Crippen LogP contribution in [0.25, 0.3) is 0 Å². The minimum atomic E-state index is -0.596. The molecule has 0 aliphatic carbocycles. The zero-order valence-corrected chi connectivity index (χ0v) is 17.8. The first-order valence-corrected chi connectivity index (χ1v) is 9.65. The fourth-order valence-corrected chi connectivity index (χ4v) is 3.70. The first-order chi connectivity index (χ1) is 11.1. The van der Waals surface area contributed by atoms with Gasteiger partial charge in [0.1, 0.15) is 0 Å². The molecule has 1 fully saturated rings. The molecule has 0 spiro atoms. The van der Waals surface area contributed by atoms with Gasteiger partial charge in [0.05, 0.1) is 12.1 Å². The Morgan fingerprint density at radius 3 is 2.67 bits per heavy atom. The van der Waals surface area contributed by atoms with Crippen molar-refractivity contribution in [3.05, 3.63) is 35.4 Å². The molecular weight excluding hydrogens is 433 g/mol. The molecule has 6 heteroatoms. The summed E-state index contributed by atoms with van der Waals surface area (Å²) in [4.78, 5) is 4.66. The number of hydrogen-bond acceptors (Lipinski definition) is 3. The summed E-state index contributed by atoms with van der Waals surface area (Å²) in [6.07, 6.45) is 3.12. The van der Waals surface area contributed by atoms with Gasteiger partial charge in [-0.05, 0) is 31.1 Å². The van der Waals surface area contributed by atoms with Gasteiger partial charge in [0.15, 0.2) is 5.96 Å². The van der Waals surface area contributed by atoms with Crippen LogP contribution in [0.4, 0.5) is 0 Å². The van der Waals surface area contributed by atoms with Crippen LogP contribution in [-0.4, -0.2) is 41.3 Å². The molecule has 0 radical (unpaired) electrons. The summed E-state index contributed by atoms with van der Waals surface area (Å²) in [7, 11) is 0. The minimum Gasteiger partial charge on any atom is -0.387 e. The summed E-state index contributed by atoms with van der Waals surface area (Å²) in [5.74, 6) is 2.64. The van der Waals surface area contributed by atoms with Crippen LogP contribution in [0.15, 0.2) is 29.3 Å². The van der Waals surface area contributed by atoms with E-state index < -0.39 is 5.60 Å². The molecule has 1 aliphatic rings. The van der Waals surface area contributed by atoms with Gasteiger partial charge in [-0.1, -0.05) is 43.2 Å². The minimum absolute atomic E-state index is 0. The first kappa shape index (κ1) is 21.6. The van der Waals surface area contributed by atoms with Gasteiger partial charge in [0, 0.05) is 18.8 Å². The zero-order valence-electron chi connectivity index (χ0n) is 14.7. The predicted octanol–water partition coefficient (Wildman–Crippen LogP) is 3.32. The smallest absolute Gasteiger partial charge is 0.191 e. The number of unbranched alkanes of at least 4 members (excludes halogenated alkanes) is 1. The number of nitrogens with zero attached hydrogens (tertiary/aromatic N) is 1. The molecule has 0 saturated carbocycles. The van der Waals surface area contributed by atoms with Crippen molar-refractivity contribution in [1.29, 1.82) is 0 Å². The van der Waals surface area contributed by atoms with Gasteiger partial charge in [0.2, 0.25) is 0 Å². The Labute approximate surface area is 167 Å². The van der Waals surface area contributed by atoms with Gasteiger partial charge < -0.3 is 15.7 Å². The van der Waals surface area contributed by atoms with E-state index in [1.54, 1.807) is 0 Å². The van der Waals surface area contributed by atoms with E-state index in [1.165, 1.54) is 11.1 Å². The predicted molar refractivity (Wildman–Crippen MR) is 116 cm³/mol. The standard InChI is InChI=1S/C18H29N3OS.HI/c1-3-4-10-19-17(21-13-18(22)9-11-23-14-18)20-12-16-7-5-15(2)6-8-16;/h5-8,22H,3-4,9-14H2,1-2H3,(H2,19,20,21);1H. The van der Waals surface area contributed by atoms with E-state index in [2.05, 4.69) is 53.7 Å². The lowest BCUT2D eigenvalue weighted by Crippen LogP contribution is -2.47. The summed E-state index contributed by atoms with van der Waals surface area (Å²) in [6.45, 7) is 6.38.